The fourth-order valence-electron chi connectivity index (χ4n) is 7.15. The van der Waals surface area contributed by atoms with Gasteiger partial charge >= 0.3 is 11.9 Å². The highest BCUT2D eigenvalue weighted by Gasteiger charge is 2.25. The normalized spacial score (nSPS) is 13.2. The highest BCUT2D eigenvalue weighted by Crippen LogP contribution is 2.14. The van der Waals surface area contributed by atoms with Crippen LogP contribution in [0, 0.1) is 0 Å². The first-order valence-corrected chi connectivity index (χ1v) is 24.5. The smallest absolute Gasteiger partial charge is 0.306 e. The number of allylic oxidation sites excluding steroid dienone is 6. The Hall–Kier alpha value is -2.45. The Balaban J connectivity index is 4.27. The van der Waals surface area contributed by atoms with Crippen molar-refractivity contribution in [2.75, 3.05) is 41.0 Å². The van der Waals surface area contributed by atoms with Crippen molar-refractivity contribution in [2.45, 2.75) is 231 Å². The van der Waals surface area contributed by atoms with Crippen LogP contribution in [0.1, 0.15) is 219 Å². The monoisotopic (exact) mass is 832 g/mol. The Labute approximate surface area is 364 Å². The second-order valence-electron chi connectivity index (χ2n) is 17.7. The van der Waals surface area contributed by atoms with Crippen LogP contribution in [0.15, 0.2) is 36.5 Å². The summed E-state index contributed by atoms with van der Waals surface area (Å²) in [5, 5.41) is 11.6. The number of carboxylic acid groups (broad SMARTS) is 1. The highest BCUT2D eigenvalue weighted by atomic mass is 16.6. The van der Waals surface area contributed by atoms with Crippen LogP contribution in [0.5, 0.6) is 0 Å². The first-order chi connectivity index (χ1) is 28.6. The number of carbonyl (C=O) groups is 3. The number of quaternary nitrogens is 1. The van der Waals surface area contributed by atoms with Crippen LogP contribution < -0.4 is 5.11 Å². The molecular formula is C51H93NO7. The number of unbranched alkanes of at least 4 members (excludes halogenated alkanes) is 24. The Morgan fingerprint density at radius 3 is 1.34 bits per heavy atom. The standard InChI is InChI=1S/C51H93NO7/c1-6-8-10-12-14-16-18-20-21-22-23-24-25-26-27-28-30-32-34-36-38-40-42-50(54)59-47(45-57-44-43-48(51(55)56)52(3,4)5)46-58-49(53)41-39-37-35-33-31-29-19-17-15-13-11-9-7-2/h22-23,25-26,29,31,47-48H,6-21,24,27-28,30,32-46H2,1-5H3/b23-22+,26-25+,31-29+. The summed E-state index contributed by atoms with van der Waals surface area (Å²) in [6, 6.07) is -0.729. The Morgan fingerprint density at radius 1 is 0.508 bits per heavy atom. The van der Waals surface area contributed by atoms with E-state index in [0.717, 1.165) is 64.2 Å². The number of hydrogen-bond donors (Lipinski definition) is 0. The zero-order valence-corrected chi connectivity index (χ0v) is 39.2. The summed E-state index contributed by atoms with van der Waals surface area (Å²) < 4.78 is 17.2. The van der Waals surface area contributed by atoms with E-state index in [2.05, 4.69) is 50.3 Å². The van der Waals surface area contributed by atoms with Gasteiger partial charge in [-0.05, 0) is 70.6 Å². The number of aliphatic carboxylic acids is 1. The number of ether oxygens (including phenoxy) is 3. The van der Waals surface area contributed by atoms with Crippen molar-refractivity contribution in [3.05, 3.63) is 36.5 Å². The maximum absolute atomic E-state index is 12.8. The predicted molar refractivity (Wildman–Crippen MR) is 245 cm³/mol. The van der Waals surface area contributed by atoms with E-state index in [4.69, 9.17) is 14.2 Å². The average molecular weight is 832 g/mol. The number of rotatable bonds is 44. The van der Waals surface area contributed by atoms with Crippen molar-refractivity contribution in [3.63, 3.8) is 0 Å². The SMILES string of the molecule is CCCCCCCC/C=C/CCCCCC(=O)OCC(COCCC(C(=O)[O-])[N+](C)(C)C)OC(=O)CCCCCCCCC/C=C/C/C=C/CCCCCCCCCC. The summed E-state index contributed by atoms with van der Waals surface area (Å²) >= 11 is 0. The molecular weight excluding hydrogens is 739 g/mol. The second kappa shape index (κ2) is 42.2. The van der Waals surface area contributed by atoms with Gasteiger partial charge in [-0.2, -0.15) is 0 Å². The lowest BCUT2D eigenvalue weighted by atomic mass is 10.1. The molecule has 0 spiro atoms. The van der Waals surface area contributed by atoms with Crippen molar-refractivity contribution in [3.8, 4) is 0 Å². The fourth-order valence-corrected chi connectivity index (χ4v) is 7.15. The van der Waals surface area contributed by atoms with E-state index in [1.54, 1.807) is 21.1 Å². The third kappa shape index (κ3) is 40.7. The van der Waals surface area contributed by atoms with E-state index in [0.29, 0.717) is 12.8 Å². The van der Waals surface area contributed by atoms with E-state index < -0.39 is 18.1 Å². The van der Waals surface area contributed by atoms with Crippen LogP contribution in [-0.2, 0) is 28.6 Å². The molecule has 0 aromatic carbocycles. The molecule has 0 aliphatic carbocycles. The number of likely N-dealkylation sites (N-methyl/N-ethyl adjacent to an activating group) is 1. The third-order valence-corrected chi connectivity index (χ3v) is 11.0. The van der Waals surface area contributed by atoms with Crippen LogP contribution in [0.2, 0.25) is 0 Å². The van der Waals surface area contributed by atoms with Gasteiger partial charge in [-0.1, -0.05) is 166 Å². The molecule has 0 heterocycles. The maximum Gasteiger partial charge on any atom is 0.306 e. The minimum atomic E-state index is -1.13. The Kier molecular flexibility index (Phi) is 40.5. The first kappa shape index (κ1) is 56.5. The predicted octanol–water partition coefficient (Wildman–Crippen LogP) is 12.5. The molecule has 0 aromatic heterocycles. The van der Waals surface area contributed by atoms with E-state index in [9.17, 15) is 19.5 Å². The molecule has 0 N–H and O–H groups in total. The molecule has 344 valence electrons. The van der Waals surface area contributed by atoms with E-state index in [-0.39, 0.29) is 42.7 Å². The van der Waals surface area contributed by atoms with Gasteiger partial charge in [-0.3, -0.25) is 9.59 Å². The van der Waals surface area contributed by atoms with Gasteiger partial charge in [-0.25, -0.2) is 0 Å². The molecule has 8 nitrogen and oxygen atoms in total. The quantitative estimate of drug-likeness (QED) is 0.0261. The molecule has 0 fully saturated rings. The zero-order chi connectivity index (χ0) is 43.5. The van der Waals surface area contributed by atoms with Gasteiger partial charge in [0.2, 0.25) is 0 Å². The van der Waals surface area contributed by atoms with Crippen molar-refractivity contribution in [1.82, 2.24) is 0 Å². The first-order valence-electron chi connectivity index (χ1n) is 24.5. The number of hydrogen-bond acceptors (Lipinski definition) is 7. The molecule has 0 saturated carbocycles. The lowest BCUT2D eigenvalue weighted by Gasteiger charge is -2.34. The molecule has 59 heavy (non-hydrogen) atoms. The molecule has 0 aliphatic rings. The average Bonchev–Trinajstić information content (AvgIpc) is 3.19. The van der Waals surface area contributed by atoms with Gasteiger partial charge in [0.1, 0.15) is 12.6 Å². The lowest BCUT2D eigenvalue weighted by Crippen LogP contribution is -2.55. The Morgan fingerprint density at radius 2 is 0.898 bits per heavy atom. The van der Waals surface area contributed by atoms with Gasteiger partial charge in [0.25, 0.3) is 0 Å². The van der Waals surface area contributed by atoms with Gasteiger partial charge in [0.05, 0.1) is 40.3 Å². The fraction of sp³-hybridized carbons (Fsp3) is 0.824. The number of carbonyl (C=O) groups excluding carboxylic acids is 3. The van der Waals surface area contributed by atoms with Gasteiger partial charge in [0.15, 0.2) is 6.10 Å². The second-order valence-corrected chi connectivity index (χ2v) is 17.7. The highest BCUT2D eigenvalue weighted by molar-refractivity contribution is 5.70. The molecule has 0 bridgehead atoms. The molecule has 0 saturated heterocycles. The zero-order valence-electron chi connectivity index (χ0n) is 39.2. The summed E-state index contributed by atoms with van der Waals surface area (Å²) in [5.41, 5.74) is 0. The summed E-state index contributed by atoms with van der Waals surface area (Å²) in [6.45, 7) is 4.64. The van der Waals surface area contributed by atoms with Gasteiger partial charge in [0, 0.05) is 19.3 Å². The van der Waals surface area contributed by atoms with Crippen LogP contribution in [0.4, 0.5) is 0 Å². The topological polar surface area (TPSA) is 102 Å². The van der Waals surface area contributed by atoms with E-state index in [1.807, 2.05) is 0 Å². The van der Waals surface area contributed by atoms with Crippen LogP contribution in [0.25, 0.3) is 0 Å². The summed E-state index contributed by atoms with van der Waals surface area (Å²) in [6.07, 6.45) is 48.9. The summed E-state index contributed by atoms with van der Waals surface area (Å²) in [7, 11) is 5.41. The van der Waals surface area contributed by atoms with Crippen molar-refractivity contribution >= 4 is 17.9 Å². The van der Waals surface area contributed by atoms with E-state index >= 15 is 0 Å². The largest absolute Gasteiger partial charge is 0.544 e. The van der Waals surface area contributed by atoms with Crippen molar-refractivity contribution in [2.24, 2.45) is 0 Å². The molecule has 8 heteroatoms. The maximum atomic E-state index is 12.8. The number of esters is 2. The summed E-state index contributed by atoms with van der Waals surface area (Å²) in [5.74, 6) is -1.76. The minimum absolute atomic E-state index is 0.0340. The van der Waals surface area contributed by atoms with Crippen LogP contribution >= 0.6 is 0 Å². The third-order valence-electron chi connectivity index (χ3n) is 11.0. The van der Waals surface area contributed by atoms with Crippen molar-refractivity contribution < 1.29 is 38.2 Å². The van der Waals surface area contributed by atoms with E-state index in [1.165, 1.54) is 122 Å². The Bertz CT molecular complexity index is 1060. The molecule has 0 aliphatic heterocycles. The minimum Gasteiger partial charge on any atom is -0.544 e. The van der Waals surface area contributed by atoms with Crippen LogP contribution in [-0.4, -0.2) is 75.5 Å². The molecule has 2 unspecified atom stereocenters. The molecule has 0 rings (SSSR count). The number of carboxylic acids is 1. The van der Waals surface area contributed by atoms with Gasteiger partial charge < -0.3 is 28.6 Å². The molecule has 0 radical (unpaired) electrons. The van der Waals surface area contributed by atoms with Gasteiger partial charge in [-0.15, -0.1) is 0 Å². The lowest BCUT2D eigenvalue weighted by molar-refractivity contribution is -0.889. The number of nitrogens with zero attached hydrogens (tertiary/aromatic N) is 1. The molecule has 2 atom stereocenters. The van der Waals surface area contributed by atoms with Crippen molar-refractivity contribution in [1.29, 1.82) is 0 Å². The van der Waals surface area contributed by atoms with Crippen LogP contribution in [0.3, 0.4) is 0 Å². The summed E-state index contributed by atoms with van der Waals surface area (Å²) in [4.78, 5) is 36.9. The molecule has 0 aromatic rings. The molecule has 0 amide bonds.